The van der Waals surface area contributed by atoms with Gasteiger partial charge in [-0.05, 0) is 58.4 Å². The van der Waals surface area contributed by atoms with Crippen LogP contribution in [0.15, 0.2) is 46.9 Å². The fourth-order valence-electron chi connectivity index (χ4n) is 1.57. The average molecular weight is 339 g/mol. The standard InChI is InChI=1S/C14H9BrF2N2O/c15-13-7-11(2-1-9(13)8-18)19-10-3-5-12(6-4-10)20-14(16)17/h1-7,14,19H. The van der Waals surface area contributed by atoms with Crippen molar-refractivity contribution in [2.24, 2.45) is 0 Å². The van der Waals surface area contributed by atoms with E-state index >= 15 is 0 Å². The molecule has 0 aliphatic rings. The van der Waals surface area contributed by atoms with E-state index in [2.05, 4.69) is 26.0 Å². The molecule has 0 spiro atoms. The van der Waals surface area contributed by atoms with Crippen LogP contribution in [0.3, 0.4) is 0 Å². The van der Waals surface area contributed by atoms with Gasteiger partial charge in [0, 0.05) is 15.8 Å². The summed E-state index contributed by atoms with van der Waals surface area (Å²) in [6, 6.07) is 13.4. The largest absolute Gasteiger partial charge is 0.435 e. The highest BCUT2D eigenvalue weighted by atomic mass is 79.9. The Hall–Kier alpha value is -2.13. The Morgan fingerprint density at radius 1 is 1.10 bits per heavy atom. The second kappa shape index (κ2) is 6.35. The fraction of sp³-hybridized carbons (Fsp3) is 0.0714. The third-order valence-corrected chi connectivity index (χ3v) is 3.11. The SMILES string of the molecule is N#Cc1ccc(Nc2ccc(OC(F)F)cc2)cc1Br. The number of benzene rings is 2. The molecule has 2 rings (SSSR count). The van der Waals surface area contributed by atoms with Crippen molar-refractivity contribution in [1.29, 1.82) is 5.26 Å². The molecule has 0 heterocycles. The molecule has 0 aliphatic carbocycles. The molecule has 6 heteroatoms. The lowest BCUT2D eigenvalue weighted by Gasteiger charge is -2.09. The fourth-order valence-corrected chi connectivity index (χ4v) is 2.04. The Balaban J connectivity index is 2.10. The Kier molecular flexibility index (Phi) is 4.53. The van der Waals surface area contributed by atoms with Gasteiger partial charge in [0.2, 0.25) is 0 Å². The number of nitrogens with one attached hydrogen (secondary N) is 1. The van der Waals surface area contributed by atoms with Gasteiger partial charge in [-0.2, -0.15) is 14.0 Å². The van der Waals surface area contributed by atoms with Gasteiger partial charge in [0.15, 0.2) is 0 Å². The molecule has 0 radical (unpaired) electrons. The van der Waals surface area contributed by atoms with Crippen molar-refractivity contribution in [2.75, 3.05) is 5.32 Å². The van der Waals surface area contributed by atoms with E-state index in [0.717, 1.165) is 11.4 Å². The summed E-state index contributed by atoms with van der Waals surface area (Å²) in [5.74, 6) is 0.103. The van der Waals surface area contributed by atoms with Crippen molar-refractivity contribution in [3.8, 4) is 11.8 Å². The molecule has 0 saturated heterocycles. The van der Waals surface area contributed by atoms with Gasteiger partial charge >= 0.3 is 6.61 Å². The van der Waals surface area contributed by atoms with Crippen molar-refractivity contribution >= 4 is 27.3 Å². The quantitative estimate of drug-likeness (QED) is 0.881. The highest BCUT2D eigenvalue weighted by Gasteiger charge is 2.04. The Morgan fingerprint density at radius 2 is 1.75 bits per heavy atom. The molecule has 2 aromatic rings. The molecule has 0 bridgehead atoms. The van der Waals surface area contributed by atoms with Gasteiger partial charge in [0.1, 0.15) is 11.8 Å². The van der Waals surface area contributed by atoms with Crippen molar-refractivity contribution < 1.29 is 13.5 Å². The van der Waals surface area contributed by atoms with E-state index in [-0.39, 0.29) is 5.75 Å². The van der Waals surface area contributed by atoms with E-state index in [9.17, 15) is 8.78 Å². The maximum absolute atomic E-state index is 12.0. The highest BCUT2D eigenvalue weighted by molar-refractivity contribution is 9.10. The zero-order valence-corrected chi connectivity index (χ0v) is 11.7. The molecule has 20 heavy (non-hydrogen) atoms. The highest BCUT2D eigenvalue weighted by Crippen LogP contribution is 2.25. The average Bonchev–Trinajstić information content (AvgIpc) is 2.41. The lowest BCUT2D eigenvalue weighted by Crippen LogP contribution is -2.01. The second-order valence-corrected chi connectivity index (χ2v) is 4.69. The molecule has 0 aliphatic heterocycles. The predicted molar refractivity (Wildman–Crippen MR) is 75.2 cm³/mol. The molecule has 0 atom stereocenters. The summed E-state index contributed by atoms with van der Waals surface area (Å²) in [6.07, 6.45) is 0. The molecular weight excluding hydrogens is 330 g/mol. The van der Waals surface area contributed by atoms with Crippen LogP contribution >= 0.6 is 15.9 Å². The van der Waals surface area contributed by atoms with Gasteiger partial charge < -0.3 is 10.1 Å². The molecule has 3 nitrogen and oxygen atoms in total. The van der Waals surface area contributed by atoms with Crippen LogP contribution in [0.25, 0.3) is 0 Å². The van der Waals surface area contributed by atoms with Crippen LogP contribution in [0.4, 0.5) is 20.2 Å². The monoisotopic (exact) mass is 338 g/mol. The van der Waals surface area contributed by atoms with Gasteiger partial charge in [0.25, 0.3) is 0 Å². The summed E-state index contributed by atoms with van der Waals surface area (Å²) in [5.41, 5.74) is 2.04. The summed E-state index contributed by atoms with van der Waals surface area (Å²) < 4.78 is 29.0. The number of alkyl halides is 2. The molecule has 0 amide bonds. The van der Waals surface area contributed by atoms with Crippen molar-refractivity contribution in [3.05, 3.63) is 52.5 Å². The molecule has 1 N–H and O–H groups in total. The van der Waals surface area contributed by atoms with Crippen molar-refractivity contribution in [3.63, 3.8) is 0 Å². The molecule has 2 aromatic carbocycles. The topological polar surface area (TPSA) is 45.0 Å². The number of anilines is 2. The molecule has 0 unspecified atom stereocenters. The Labute approximate surface area is 122 Å². The van der Waals surface area contributed by atoms with Gasteiger partial charge in [-0.1, -0.05) is 0 Å². The number of hydrogen-bond acceptors (Lipinski definition) is 3. The van der Waals surface area contributed by atoms with Gasteiger partial charge in [0.05, 0.1) is 5.56 Å². The summed E-state index contributed by atoms with van der Waals surface area (Å²) >= 11 is 3.29. The third kappa shape index (κ3) is 3.68. The minimum atomic E-state index is -2.83. The van der Waals surface area contributed by atoms with Gasteiger partial charge in [-0.25, -0.2) is 0 Å². The molecule has 102 valence electrons. The number of ether oxygens (including phenoxy) is 1. The number of nitrogens with zero attached hydrogens (tertiary/aromatic N) is 1. The number of hydrogen-bond donors (Lipinski definition) is 1. The zero-order valence-electron chi connectivity index (χ0n) is 10.1. The first-order chi connectivity index (χ1) is 9.58. The van der Waals surface area contributed by atoms with E-state index in [1.165, 1.54) is 12.1 Å². The van der Waals surface area contributed by atoms with Crippen molar-refractivity contribution in [2.45, 2.75) is 6.61 Å². The van der Waals surface area contributed by atoms with Crippen LogP contribution in [0.1, 0.15) is 5.56 Å². The lowest BCUT2D eigenvalue weighted by molar-refractivity contribution is -0.0498. The van der Waals surface area contributed by atoms with Crippen LogP contribution in [0.2, 0.25) is 0 Å². The Bertz CT molecular complexity index is 639. The normalized spacial score (nSPS) is 10.2. The molecule has 0 saturated carbocycles. The lowest BCUT2D eigenvalue weighted by atomic mass is 10.2. The van der Waals surface area contributed by atoms with Crippen LogP contribution in [-0.4, -0.2) is 6.61 Å². The Morgan fingerprint density at radius 3 is 2.30 bits per heavy atom. The van der Waals surface area contributed by atoms with Crippen LogP contribution in [0.5, 0.6) is 5.75 Å². The second-order valence-electron chi connectivity index (χ2n) is 3.83. The number of nitriles is 1. The first kappa shape index (κ1) is 14.3. The minimum absolute atomic E-state index is 0.103. The van der Waals surface area contributed by atoms with Crippen molar-refractivity contribution in [1.82, 2.24) is 0 Å². The van der Waals surface area contributed by atoms with Gasteiger partial charge in [-0.3, -0.25) is 0 Å². The van der Waals surface area contributed by atoms with Crippen LogP contribution in [0, 0.1) is 11.3 Å². The van der Waals surface area contributed by atoms with E-state index in [0.29, 0.717) is 10.0 Å². The van der Waals surface area contributed by atoms with Crippen LogP contribution in [-0.2, 0) is 0 Å². The smallest absolute Gasteiger partial charge is 0.387 e. The number of rotatable bonds is 4. The molecular formula is C14H9BrF2N2O. The summed E-state index contributed by atoms with van der Waals surface area (Å²) in [4.78, 5) is 0. The van der Waals surface area contributed by atoms with E-state index < -0.39 is 6.61 Å². The predicted octanol–water partition coefficient (Wildman–Crippen LogP) is 4.67. The molecule has 0 aromatic heterocycles. The first-order valence-corrected chi connectivity index (χ1v) is 6.39. The van der Waals surface area contributed by atoms with E-state index in [1.54, 1.807) is 30.3 Å². The maximum Gasteiger partial charge on any atom is 0.387 e. The van der Waals surface area contributed by atoms with E-state index in [4.69, 9.17) is 5.26 Å². The molecule has 0 fully saturated rings. The maximum atomic E-state index is 12.0. The van der Waals surface area contributed by atoms with Crippen LogP contribution < -0.4 is 10.1 Å². The number of halogens is 3. The summed E-state index contributed by atoms with van der Waals surface area (Å²) in [7, 11) is 0. The zero-order chi connectivity index (χ0) is 14.5. The summed E-state index contributed by atoms with van der Waals surface area (Å²) in [6.45, 7) is -2.83. The third-order valence-electron chi connectivity index (χ3n) is 2.46. The minimum Gasteiger partial charge on any atom is -0.435 e. The van der Waals surface area contributed by atoms with Gasteiger partial charge in [-0.15, -0.1) is 0 Å². The van der Waals surface area contributed by atoms with E-state index in [1.807, 2.05) is 6.07 Å². The summed E-state index contributed by atoms with van der Waals surface area (Å²) in [5, 5.41) is 11.9. The first-order valence-electron chi connectivity index (χ1n) is 5.60.